The van der Waals surface area contributed by atoms with E-state index in [0.29, 0.717) is 13.3 Å². The van der Waals surface area contributed by atoms with Crippen molar-refractivity contribution in [1.29, 1.82) is 0 Å². The van der Waals surface area contributed by atoms with Crippen LogP contribution in [0.2, 0.25) is 0 Å². The average molecular weight is 116 g/mol. The standard InChI is InChI=1S/C4H8N2O2/c1-4-2-8-3-6(4)5-7/h4H,2-3H2,1H3. The summed E-state index contributed by atoms with van der Waals surface area (Å²) in [7, 11) is 0. The third-order valence-corrected chi connectivity index (χ3v) is 1.20. The Morgan fingerprint density at radius 1 is 1.88 bits per heavy atom. The van der Waals surface area contributed by atoms with Crippen molar-refractivity contribution in [3.8, 4) is 0 Å². The van der Waals surface area contributed by atoms with Gasteiger partial charge in [-0.3, -0.25) is 0 Å². The number of nitrogens with zero attached hydrogens (tertiary/aromatic N) is 2. The fourth-order valence-corrected chi connectivity index (χ4v) is 0.634. The fraction of sp³-hybridized carbons (Fsp3) is 1.00. The zero-order valence-electron chi connectivity index (χ0n) is 4.70. The molecule has 1 rings (SSSR count). The minimum atomic E-state index is 0.160. The largest absolute Gasteiger partial charge is 0.357 e. The molecule has 0 N–H and O–H groups in total. The van der Waals surface area contributed by atoms with Crippen LogP contribution < -0.4 is 0 Å². The summed E-state index contributed by atoms with van der Waals surface area (Å²) in [5.41, 5.74) is 0. The highest BCUT2D eigenvalue weighted by Crippen LogP contribution is 2.06. The van der Waals surface area contributed by atoms with Crippen molar-refractivity contribution in [3.63, 3.8) is 0 Å². The van der Waals surface area contributed by atoms with Gasteiger partial charge in [-0.2, -0.15) is 0 Å². The van der Waals surface area contributed by atoms with E-state index in [1.807, 2.05) is 6.92 Å². The van der Waals surface area contributed by atoms with Crippen LogP contribution in [0.4, 0.5) is 0 Å². The van der Waals surface area contributed by atoms with Crippen molar-refractivity contribution in [2.24, 2.45) is 5.29 Å². The smallest absolute Gasteiger partial charge is 0.138 e. The molecule has 1 unspecified atom stereocenters. The Labute approximate surface area is 47.4 Å². The first-order valence-corrected chi connectivity index (χ1v) is 2.52. The van der Waals surface area contributed by atoms with Gasteiger partial charge < -0.3 is 4.74 Å². The first kappa shape index (κ1) is 5.50. The molecule has 4 nitrogen and oxygen atoms in total. The zero-order chi connectivity index (χ0) is 5.98. The molecule has 0 bridgehead atoms. The minimum Gasteiger partial charge on any atom is -0.357 e. The summed E-state index contributed by atoms with van der Waals surface area (Å²) in [6.07, 6.45) is 0. The topological polar surface area (TPSA) is 41.9 Å². The molecule has 0 saturated carbocycles. The molecule has 1 heterocycles. The lowest BCUT2D eigenvalue weighted by Gasteiger charge is -2.07. The Kier molecular flexibility index (Phi) is 1.43. The molecule has 1 aliphatic heterocycles. The normalized spacial score (nSPS) is 28.6. The number of rotatable bonds is 1. The van der Waals surface area contributed by atoms with Gasteiger partial charge in [0, 0.05) is 0 Å². The molecular weight excluding hydrogens is 108 g/mol. The molecule has 0 aliphatic carbocycles. The maximum absolute atomic E-state index is 9.81. The zero-order valence-corrected chi connectivity index (χ0v) is 4.70. The second-order valence-corrected chi connectivity index (χ2v) is 1.87. The molecule has 4 heteroatoms. The van der Waals surface area contributed by atoms with Gasteiger partial charge in [-0.15, -0.1) is 4.91 Å². The van der Waals surface area contributed by atoms with Crippen molar-refractivity contribution >= 4 is 0 Å². The lowest BCUT2D eigenvalue weighted by atomic mass is 10.4. The summed E-state index contributed by atoms with van der Waals surface area (Å²) in [6, 6.07) is 0.160. The van der Waals surface area contributed by atoms with Crippen LogP contribution in [0.3, 0.4) is 0 Å². The van der Waals surface area contributed by atoms with Crippen LogP contribution >= 0.6 is 0 Å². The molecule has 0 spiro atoms. The molecule has 0 aromatic rings. The van der Waals surface area contributed by atoms with Gasteiger partial charge in [0.1, 0.15) is 6.73 Å². The Bertz CT molecular complexity index is 96.0. The van der Waals surface area contributed by atoms with Crippen molar-refractivity contribution in [3.05, 3.63) is 4.91 Å². The second-order valence-electron chi connectivity index (χ2n) is 1.87. The number of ether oxygens (including phenoxy) is 1. The van der Waals surface area contributed by atoms with Crippen molar-refractivity contribution in [2.45, 2.75) is 13.0 Å². The summed E-state index contributed by atoms with van der Waals surface area (Å²) in [4.78, 5) is 9.81. The lowest BCUT2D eigenvalue weighted by Crippen LogP contribution is -2.21. The molecule has 1 aliphatic rings. The summed E-state index contributed by atoms with van der Waals surface area (Å²) in [5.74, 6) is 0. The van der Waals surface area contributed by atoms with Crippen LogP contribution in [-0.4, -0.2) is 24.4 Å². The Morgan fingerprint density at radius 2 is 2.62 bits per heavy atom. The summed E-state index contributed by atoms with van der Waals surface area (Å²) in [6.45, 7) is 2.87. The number of hydrogen-bond donors (Lipinski definition) is 0. The minimum absolute atomic E-state index is 0.160. The van der Waals surface area contributed by atoms with Gasteiger partial charge in [0.2, 0.25) is 0 Å². The molecule has 0 aromatic heterocycles. The molecule has 1 atom stereocenters. The maximum Gasteiger partial charge on any atom is 0.138 e. The fourth-order valence-electron chi connectivity index (χ4n) is 0.634. The summed E-state index contributed by atoms with van der Waals surface area (Å²) >= 11 is 0. The van der Waals surface area contributed by atoms with E-state index in [9.17, 15) is 4.91 Å². The van der Waals surface area contributed by atoms with Crippen molar-refractivity contribution in [2.75, 3.05) is 13.3 Å². The van der Waals surface area contributed by atoms with E-state index in [2.05, 4.69) is 5.29 Å². The van der Waals surface area contributed by atoms with E-state index < -0.39 is 0 Å². The monoisotopic (exact) mass is 116 g/mol. The second kappa shape index (κ2) is 2.09. The van der Waals surface area contributed by atoms with E-state index >= 15 is 0 Å². The number of nitroso groups, excluding NO2 is 1. The first-order valence-electron chi connectivity index (χ1n) is 2.52. The Balaban J connectivity index is 2.41. The van der Waals surface area contributed by atoms with Gasteiger partial charge >= 0.3 is 0 Å². The Hall–Kier alpha value is -0.640. The SMILES string of the molecule is CC1COCN1N=O. The predicted molar refractivity (Wildman–Crippen MR) is 27.9 cm³/mol. The van der Waals surface area contributed by atoms with Gasteiger partial charge in [-0.1, -0.05) is 0 Å². The molecular formula is C4H8N2O2. The van der Waals surface area contributed by atoms with Crippen LogP contribution in [0.25, 0.3) is 0 Å². The number of hydrogen-bond acceptors (Lipinski definition) is 3. The molecule has 46 valence electrons. The van der Waals surface area contributed by atoms with E-state index in [1.165, 1.54) is 5.01 Å². The van der Waals surface area contributed by atoms with Crippen LogP contribution in [-0.2, 0) is 4.74 Å². The first-order chi connectivity index (χ1) is 3.84. The molecule has 8 heavy (non-hydrogen) atoms. The van der Waals surface area contributed by atoms with E-state index in [1.54, 1.807) is 0 Å². The highest BCUT2D eigenvalue weighted by Gasteiger charge is 2.19. The van der Waals surface area contributed by atoms with Gasteiger partial charge in [0.25, 0.3) is 0 Å². The van der Waals surface area contributed by atoms with E-state index in [0.717, 1.165) is 0 Å². The van der Waals surface area contributed by atoms with E-state index in [-0.39, 0.29) is 6.04 Å². The van der Waals surface area contributed by atoms with E-state index in [4.69, 9.17) is 4.74 Å². The van der Waals surface area contributed by atoms with Gasteiger partial charge in [-0.25, -0.2) is 5.01 Å². The highest BCUT2D eigenvalue weighted by atomic mass is 16.5. The van der Waals surface area contributed by atoms with Crippen molar-refractivity contribution < 1.29 is 4.74 Å². The van der Waals surface area contributed by atoms with Gasteiger partial charge in [-0.05, 0) is 6.92 Å². The molecule has 0 radical (unpaired) electrons. The van der Waals surface area contributed by atoms with Crippen LogP contribution in [0.15, 0.2) is 5.29 Å². The van der Waals surface area contributed by atoms with Crippen molar-refractivity contribution in [1.82, 2.24) is 5.01 Å². The third-order valence-electron chi connectivity index (χ3n) is 1.20. The third kappa shape index (κ3) is 0.790. The summed E-state index contributed by atoms with van der Waals surface area (Å²) in [5, 5.41) is 4.10. The van der Waals surface area contributed by atoms with Crippen LogP contribution in [0, 0.1) is 4.91 Å². The average Bonchev–Trinajstić information content (AvgIpc) is 2.14. The molecule has 0 aromatic carbocycles. The summed E-state index contributed by atoms with van der Waals surface area (Å²) < 4.78 is 4.89. The van der Waals surface area contributed by atoms with Gasteiger partial charge in [0.15, 0.2) is 0 Å². The quantitative estimate of drug-likeness (QED) is 0.464. The Morgan fingerprint density at radius 3 is 2.88 bits per heavy atom. The van der Waals surface area contributed by atoms with Crippen LogP contribution in [0.1, 0.15) is 6.92 Å². The molecule has 1 saturated heterocycles. The van der Waals surface area contributed by atoms with Gasteiger partial charge in [0.05, 0.1) is 17.9 Å². The molecule has 0 amide bonds. The molecule has 1 fully saturated rings. The van der Waals surface area contributed by atoms with Crippen LogP contribution in [0.5, 0.6) is 0 Å². The highest BCUT2D eigenvalue weighted by molar-refractivity contribution is 4.63. The predicted octanol–water partition coefficient (Wildman–Crippen LogP) is 0.346. The lowest BCUT2D eigenvalue weighted by molar-refractivity contribution is 0.140. The maximum atomic E-state index is 9.81.